The minimum absolute atomic E-state index is 0.0563. The van der Waals surface area contributed by atoms with E-state index in [1.165, 1.54) is 0 Å². The Balaban J connectivity index is 2.21. The fraction of sp³-hybridized carbons (Fsp3) is 0.143. The summed E-state index contributed by atoms with van der Waals surface area (Å²) in [4.78, 5) is 24.3. The van der Waals surface area contributed by atoms with E-state index in [9.17, 15) is 9.59 Å². The molecule has 1 aromatic carbocycles. The molecule has 0 saturated carbocycles. The fourth-order valence-electron chi connectivity index (χ4n) is 2.38. The van der Waals surface area contributed by atoms with Gasteiger partial charge >= 0.3 is 0 Å². The molecular weight excluding hydrogens is 200 g/mol. The maximum absolute atomic E-state index is 12.2. The number of hydrogen-bond acceptors (Lipinski definition) is 2. The van der Waals surface area contributed by atoms with Gasteiger partial charge in [0.1, 0.15) is 0 Å². The molecule has 3 rings (SSSR count). The van der Waals surface area contributed by atoms with Crippen molar-refractivity contribution in [2.24, 2.45) is 11.8 Å². The number of rotatable bonds is 0. The number of Topliss-reactive ketones (excluding diaryl/α,β-unsaturated/α-hetero) is 2. The van der Waals surface area contributed by atoms with Crippen molar-refractivity contribution in [3.05, 3.63) is 59.7 Å². The number of fused-ring (bicyclic) bond motifs is 2. The smallest absolute Gasteiger partial charge is 0.171 e. The predicted octanol–water partition coefficient (Wildman–Crippen LogP) is 2.42. The third-order valence-electron chi connectivity index (χ3n) is 3.20. The van der Waals surface area contributed by atoms with Crippen molar-refractivity contribution in [3.63, 3.8) is 0 Å². The standard InChI is InChI=1S/C14H10O2/c15-13-9-5-1-2-6-10(9)14(16)12-8-4-3-7-11(12)13/h1-10H/t9-,10-/m0/s1. The molecule has 2 nitrogen and oxygen atoms in total. The minimum Gasteiger partial charge on any atom is -0.293 e. The summed E-state index contributed by atoms with van der Waals surface area (Å²) >= 11 is 0. The second-order valence-corrected chi connectivity index (χ2v) is 4.10. The number of ketones is 2. The van der Waals surface area contributed by atoms with Crippen molar-refractivity contribution >= 4 is 11.6 Å². The van der Waals surface area contributed by atoms with Crippen LogP contribution >= 0.6 is 0 Å². The molecule has 2 aliphatic carbocycles. The third-order valence-corrected chi connectivity index (χ3v) is 3.20. The lowest BCUT2D eigenvalue weighted by atomic mass is 9.72. The summed E-state index contributed by atoms with van der Waals surface area (Å²) in [5, 5.41) is 0. The highest BCUT2D eigenvalue weighted by Crippen LogP contribution is 2.33. The van der Waals surface area contributed by atoms with E-state index in [0.29, 0.717) is 11.1 Å². The molecule has 0 saturated heterocycles. The number of allylic oxidation sites excluding steroid dienone is 4. The van der Waals surface area contributed by atoms with Gasteiger partial charge in [-0.1, -0.05) is 48.6 Å². The second-order valence-electron chi connectivity index (χ2n) is 4.10. The van der Waals surface area contributed by atoms with E-state index in [1.54, 1.807) is 24.3 Å². The molecule has 0 fully saturated rings. The topological polar surface area (TPSA) is 34.1 Å². The van der Waals surface area contributed by atoms with Crippen LogP contribution in [0.4, 0.5) is 0 Å². The number of benzene rings is 1. The Bertz CT molecular complexity index is 488. The van der Waals surface area contributed by atoms with Gasteiger partial charge in [-0.3, -0.25) is 9.59 Å². The van der Waals surface area contributed by atoms with Crippen LogP contribution in [0.2, 0.25) is 0 Å². The van der Waals surface area contributed by atoms with Gasteiger partial charge in [-0.2, -0.15) is 0 Å². The number of carbonyl (C=O) groups is 2. The van der Waals surface area contributed by atoms with Crippen molar-refractivity contribution in [1.82, 2.24) is 0 Å². The van der Waals surface area contributed by atoms with Crippen LogP contribution in [0.15, 0.2) is 48.6 Å². The minimum atomic E-state index is -0.299. The lowest BCUT2D eigenvalue weighted by Gasteiger charge is -2.28. The molecule has 0 radical (unpaired) electrons. The van der Waals surface area contributed by atoms with Crippen LogP contribution in [0.1, 0.15) is 20.7 Å². The van der Waals surface area contributed by atoms with E-state index in [1.807, 2.05) is 24.3 Å². The first-order valence-corrected chi connectivity index (χ1v) is 5.31. The second kappa shape index (κ2) is 3.27. The zero-order valence-electron chi connectivity index (χ0n) is 8.59. The summed E-state index contributed by atoms with van der Waals surface area (Å²) in [5.74, 6) is -0.485. The molecule has 2 aliphatic rings. The van der Waals surface area contributed by atoms with Crippen molar-refractivity contribution in [2.75, 3.05) is 0 Å². The molecule has 0 amide bonds. The Labute approximate surface area is 93.3 Å². The van der Waals surface area contributed by atoms with E-state index in [-0.39, 0.29) is 23.4 Å². The largest absolute Gasteiger partial charge is 0.293 e. The van der Waals surface area contributed by atoms with Gasteiger partial charge in [-0.05, 0) is 0 Å². The SMILES string of the molecule is O=C1c2ccccc2C(=O)[C@H]2C=CC=C[C@H]12. The molecule has 2 heteroatoms. The van der Waals surface area contributed by atoms with Crippen LogP contribution < -0.4 is 0 Å². The molecule has 0 aliphatic heterocycles. The lowest BCUT2D eigenvalue weighted by molar-refractivity contribution is 0.0801. The molecule has 0 heterocycles. The molecule has 0 N–H and O–H groups in total. The molecule has 0 spiro atoms. The van der Waals surface area contributed by atoms with Gasteiger partial charge in [0.25, 0.3) is 0 Å². The van der Waals surface area contributed by atoms with Gasteiger partial charge < -0.3 is 0 Å². The Kier molecular flexibility index (Phi) is 1.90. The van der Waals surface area contributed by atoms with E-state index < -0.39 is 0 Å². The number of hydrogen-bond donors (Lipinski definition) is 0. The highest BCUT2D eigenvalue weighted by Gasteiger charge is 2.38. The van der Waals surface area contributed by atoms with Crippen LogP contribution in [0.25, 0.3) is 0 Å². The summed E-state index contributed by atoms with van der Waals surface area (Å²) in [6, 6.07) is 7.06. The fourth-order valence-corrected chi connectivity index (χ4v) is 2.38. The van der Waals surface area contributed by atoms with E-state index in [0.717, 1.165) is 0 Å². The molecule has 0 bridgehead atoms. The van der Waals surface area contributed by atoms with Crippen molar-refractivity contribution < 1.29 is 9.59 Å². The monoisotopic (exact) mass is 210 g/mol. The Morgan fingerprint density at radius 3 is 1.62 bits per heavy atom. The van der Waals surface area contributed by atoms with Crippen LogP contribution in [0.3, 0.4) is 0 Å². The maximum atomic E-state index is 12.2. The maximum Gasteiger partial charge on any atom is 0.171 e. The quantitative estimate of drug-likeness (QED) is 0.659. The first-order valence-electron chi connectivity index (χ1n) is 5.31. The van der Waals surface area contributed by atoms with Crippen molar-refractivity contribution in [1.29, 1.82) is 0 Å². The van der Waals surface area contributed by atoms with E-state index in [4.69, 9.17) is 0 Å². The van der Waals surface area contributed by atoms with Gasteiger partial charge in [0.2, 0.25) is 0 Å². The zero-order chi connectivity index (χ0) is 11.1. The zero-order valence-corrected chi connectivity index (χ0v) is 8.59. The van der Waals surface area contributed by atoms with Crippen LogP contribution in [-0.4, -0.2) is 11.6 Å². The molecule has 0 unspecified atom stereocenters. The summed E-state index contributed by atoms with van der Waals surface area (Å²) < 4.78 is 0. The highest BCUT2D eigenvalue weighted by molar-refractivity contribution is 6.17. The third kappa shape index (κ3) is 1.13. The van der Waals surface area contributed by atoms with Gasteiger partial charge in [-0.15, -0.1) is 0 Å². The van der Waals surface area contributed by atoms with E-state index in [2.05, 4.69) is 0 Å². The van der Waals surface area contributed by atoms with Gasteiger partial charge in [0, 0.05) is 11.1 Å². The summed E-state index contributed by atoms with van der Waals surface area (Å²) in [6.07, 6.45) is 7.31. The predicted molar refractivity (Wildman–Crippen MR) is 60.4 cm³/mol. The first kappa shape index (κ1) is 9.28. The van der Waals surface area contributed by atoms with Gasteiger partial charge in [0.05, 0.1) is 11.8 Å². The molecule has 1 aromatic rings. The summed E-state index contributed by atoms with van der Waals surface area (Å²) in [7, 11) is 0. The Hall–Kier alpha value is -1.96. The Morgan fingerprint density at radius 1 is 0.750 bits per heavy atom. The average Bonchev–Trinajstić information content (AvgIpc) is 2.36. The molecule has 0 aromatic heterocycles. The molecule has 2 atom stereocenters. The summed E-state index contributed by atoms with van der Waals surface area (Å²) in [6.45, 7) is 0. The lowest BCUT2D eigenvalue weighted by Crippen LogP contribution is -2.35. The van der Waals surface area contributed by atoms with Crippen molar-refractivity contribution in [3.8, 4) is 0 Å². The molecular formula is C14H10O2. The highest BCUT2D eigenvalue weighted by atomic mass is 16.1. The Morgan fingerprint density at radius 2 is 1.19 bits per heavy atom. The van der Waals surface area contributed by atoms with Crippen molar-refractivity contribution in [2.45, 2.75) is 0 Å². The van der Waals surface area contributed by atoms with Crippen LogP contribution in [0.5, 0.6) is 0 Å². The van der Waals surface area contributed by atoms with E-state index >= 15 is 0 Å². The summed E-state index contributed by atoms with van der Waals surface area (Å²) in [5.41, 5.74) is 1.13. The first-order chi connectivity index (χ1) is 7.79. The van der Waals surface area contributed by atoms with Gasteiger partial charge in [0.15, 0.2) is 11.6 Å². The molecule has 16 heavy (non-hydrogen) atoms. The van der Waals surface area contributed by atoms with Gasteiger partial charge in [-0.25, -0.2) is 0 Å². The van der Waals surface area contributed by atoms with Crippen LogP contribution in [-0.2, 0) is 0 Å². The molecule has 78 valence electrons. The normalized spacial score (nSPS) is 26.5. The average molecular weight is 210 g/mol. The number of carbonyl (C=O) groups excluding carboxylic acids is 2. The van der Waals surface area contributed by atoms with Crippen LogP contribution in [0, 0.1) is 11.8 Å².